The lowest BCUT2D eigenvalue weighted by atomic mass is 9.95. The van der Waals surface area contributed by atoms with E-state index in [0.29, 0.717) is 11.7 Å². The molecule has 5 rings (SSSR count). The Morgan fingerprint density at radius 2 is 2.07 bits per heavy atom. The zero-order chi connectivity index (χ0) is 18.7. The van der Waals surface area contributed by atoms with Crippen molar-refractivity contribution in [1.29, 1.82) is 0 Å². The maximum absolute atomic E-state index is 12.3. The monoisotopic (exact) mass is 366 g/mol. The van der Waals surface area contributed by atoms with E-state index in [4.69, 9.17) is 14.7 Å². The van der Waals surface area contributed by atoms with E-state index in [0.717, 1.165) is 49.8 Å². The number of anilines is 1. The molecule has 27 heavy (non-hydrogen) atoms. The lowest BCUT2D eigenvalue weighted by Crippen LogP contribution is -2.33. The smallest absolute Gasteiger partial charge is 0.351 e. The highest BCUT2D eigenvalue weighted by Crippen LogP contribution is 2.30. The Labute approximate surface area is 156 Å². The van der Waals surface area contributed by atoms with Gasteiger partial charge in [-0.2, -0.15) is 4.98 Å². The summed E-state index contributed by atoms with van der Waals surface area (Å²) >= 11 is 0. The maximum atomic E-state index is 12.3. The summed E-state index contributed by atoms with van der Waals surface area (Å²) < 4.78 is 8.23. The van der Waals surface area contributed by atoms with Gasteiger partial charge in [-0.05, 0) is 25.0 Å². The number of aryl methyl sites for hydroxylation is 2. The Morgan fingerprint density at radius 3 is 2.81 bits per heavy atom. The lowest BCUT2D eigenvalue weighted by molar-refractivity contribution is 0.00824. The number of rotatable bonds is 2. The molecule has 1 saturated heterocycles. The van der Waals surface area contributed by atoms with E-state index in [2.05, 4.69) is 16.1 Å². The summed E-state index contributed by atoms with van der Waals surface area (Å²) in [6.45, 7) is 7.16. The molecule has 140 valence electrons. The molecule has 0 N–H and O–H groups in total. The quantitative estimate of drug-likeness (QED) is 0.676. The van der Waals surface area contributed by atoms with Gasteiger partial charge in [0.2, 0.25) is 0 Å². The van der Waals surface area contributed by atoms with Crippen LogP contribution in [0.15, 0.2) is 17.1 Å². The molecule has 0 saturated carbocycles. The van der Waals surface area contributed by atoms with Crippen LogP contribution in [0.25, 0.3) is 5.78 Å². The second-order valence-electron chi connectivity index (χ2n) is 7.47. The zero-order valence-corrected chi connectivity index (χ0v) is 15.8. The SMILES string of the molecule is Cc1c(N2CCc3ncc(C4COC4)cc3C2)nc2nn(C)c(=O)n2c1C. The van der Waals surface area contributed by atoms with Crippen molar-refractivity contribution in [3.63, 3.8) is 0 Å². The normalized spacial score (nSPS) is 17.2. The molecule has 5 heterocycles. The summed E-state index contributed by atoms with van der Waals surface area (Å²) in [6, 6.07) is 2.27. The minimum atomic E-state index is -0.162. The molecule has 2 aliphatic rings. The van der Waals surface area contributed by atoms with E-state index in [1.165, 1.54) is 21.5 Å². The van der Waals surface area contributed by atoms with Gasteiger partial charge in [-0.25, -0.2) is 13.9 Å². The van der Waals surface area contributed by atoms with Gasteiger partial charge in [0, 0.05) is 55.6 Å². The van der Waals surface area contributed by atoms with Crippen molar-refractivity contribution in [2.45, 2.75) is 32.7 Å². The van der Waals surface area contributed by atoms with Gasteiger partial charge in [0.25, 0.3) is 5.78 Å². The van der Waals surface area contributed by atoms with Gasteiger partial charge < -0.3 is 9.64 Å². The first kappa shape index (κ1) is 16.4. The average Bonchev–Trinajstić information content (AvgIpc) is 2.90. The number of hydrogen-bond acceptors (Lipinski definition) is 6. The van der Waals surface area contributed by atoms with Crippen molar-refractivity contribution >= 4 is 11.6 Å². The van der Waals surface area contributed by atoms with Crippen molar-refractivity contribution in [2.24, 2.45) is 7.05 Å². The molecule has 3 aromatic rings. The summed E-state index contributed by atoms with van der Waals surface area (Å²) in [5.74, 6) is 1.82. The Hall–Kier alpha value is -2.74. The van der Waals surface area contributed by atoms with Crippen LogP contribution in [0.5, 0.6) is 0 Å². The molecule has 0 spiro atoms. The third-order valence-corrected chi connectivity index (χ3v) is 5.80. The van der Waals surface area contributed by atoms with E-state index in [1.807, 2.05) is 20.0 Å². The molecule has 8 heteroatoms. The van der Waals surface area contributed by atoms with Gasteiger partial charge in [0.15, 0.2) is 0 Å². The fourth-order valence-corrected chi connectivity index (χ4v) is 3.91. The van der Waals surface area contributed by atoms with Crippen LogP contribution < -0.4 is 10.6 Å². The van der Waals surface area contributed by atoms with Gasteiger partial charge in [-0.1, -0.05) is 6.07 Å². The molecular weight excluding hydrogens is 344 g/mol. The largest absolute Gasteiger partial charge is 0.380 e. The highest BCUT2D eigenvalue weighted by Gasteiger charge is 2.26. The topological polar surface area (TPSA) is 77.5 Å². The first-order valence-corrected chi connectivity index (χ1v) is 9.26. The number of hydrogen-bond donors (Lipinski definition) is 0. The van der Waals surface area contributed by atoms with Crippen LogP contribution in [0.3, 0.4) is 0 Å². The van der Waals surface area contributed by atoms with Crippen LogP contribution in [0.4, 0.5) is 5.82 Å². The van der Waals surface area contributed by atoms with Crippen molar-refractivity contribution in [3.8, 4) is 0 Å². The Bertz CT molecular complexity index is 1110. The van der Waals surface area contributed by atoms with Crippen LogP contribution in [0, 0.1) is 13.8 Å². The molecule has 0 radical (unpaired) electrons. The molecule has 0 amide bonds. The summed E-state index contributed by atoms with van der Waals surface area (Å²) in [5.41, 5.74) is 5.41. The molecule has 2 aliphatic heterocycles. The second-order valence-corrected chi connectivity index (χ2v) is 7.47. The molecule has 8 nitrogen and oxygen atoms in total. The maximum Gasteiger partial charge on any atom is 0.351 e. The highest BCUT2D eigenvalue weighted by atomic mass is 16.5. The number of aromatic nitrogens is 5. The van der Waals surface area contributed by atoms with Crippen LogP contribution in [0.1, 0.15) is 34.0 Å². The predicted molar refractivity (Wildman–Crippen MR) is 100 cm³/mol. The average molecular weight is 366 g/mol. The van der Waals surface area contributed by atoms with Gasteiger partial charge in [0.05, 0.1) is 13.2 Å². The molecule has 1 fully saturated rings. The number of nitrogens with zero attached hydrogens (tertiary/aromatic N) is 6. The molecule has 0 unspecified atom stereocenters. The standard InChI is InChI=1S/C19H22N6O2/c1-11-12(2)25-18(22-23(3)19(25)26)21-17(11)24-5-4-16-14(8-24)6-13(7-20-16)15-9-27-10-15/h6-7,15H,4-5,8-10H2,1-3H3. The molecular formula is C19H22N6O2. The third-order valence-electron chi connectivity index (χ3n) is 5.80. The molecule has 0 aliphatic carbocycles. The zero-order valence-electron chi connectivity index (χ0n) is 15.8. The van der Waals surface area contributed by atoms with Crippen LogP contribution in [-0.2, 0) is 24.8 Å². The summed E-state index contributed by atoms with van der Waals surface area (Å²) in [5, 5.41) is 4.27. The lowest BCUT2D eigenvalue weighted by Gasteiger charge is -2.32. The first-order chi connectivity index (χ1) is 13.0. The second kappa shape index (κ2) is 5.88. The van der Waals surface area contributed by atoms with Crippen LogP contribution in [0.2, 0.25) is 0 Å². The fraction of sp³-hybridized carbons (Fsp3) is 0.474. The summed E-state index contributed by atoms with van der Waals surface area (Å²) in [6.07, 6.45) is 2.89. The van der Waals surface area contributed by atoms with E-state index in [-0.39, 0.29) is 5.69 Å². The molecule has 0 bridgehead atoms. The predicted octanol–water partition coefficient (Wildman–Crippen LogP) is 1.12. The minimum absolute atomic E-state index is 0.162. The van der Waals surface area contributed by atoms with Crippen molar-refractivity contribution in [1.82, 2.24) is 24.1 Å². The van der Waals surface area contributed by atoms with E-state index < -0.39 is 0 Å². The van der Waals surface area contributed by atoms with Gasteiger partial charge in [-0.15, -0.1) is 5.10 Å². The summed E-state index contributed by atoms with van der Waals surface area (Å²) in [7, 11) is 1.65. The Morgan fingerprint density at radius 1 is 1.26 bits per heavy atom. The van der Waals surface area contributed by atoms with Crippen molar-refractivity contribution < 1.29 is 4.74 Å². The molecule has 0 aromatic carbocycles. The third kappa shape index (κ3) is 2.47. The van der Waals surface area contributed by atoms with Crippen LogP contribution in [-0.4, -0.2) is 43.9 Å². The van der Waals surface area contributed by atoms with Crippen molar-refractivity contribution in [3.05, 3.63) is 50.8 Å². The fourth-order valence-electron chi connectivity index (χ4n) is 3.91. The summed E-state index contributed by atoms with van der Waals surface area (Å²) in [4.78, 5) is 24.0. The Kier molecular flexibility index (Phi) is 3.58. The van der Waals surface area contributed by atoms with Gasteiger partial charge in [0.1, 0.15) is 5.82 Å². The van der Waals surface area contributed by atoms with E-state index >= 15 is 0 Å². The number of pyridine rings is 1. The van der Waals surface area contributed by atoms with Crippen molar-refractivity contribution in [2.75, 3.05) is 24.7 Å². The van der Waals surface area contributed by atoms with Gasteiger partial charge in [-0.3, -0.25) is 4.98 Å². The highest BCUT2D eigenvalue weighted by molar-refractivity contribution is 5.55. The van der Waals surface area contributed by atoms with E-state index in [1.54, 1.807) is 11.4 Å². The van der Waals surface area contributed by atoms with Crippen LogP contribution >= 0.6 is 0 Å². The minimum Gasteiger partial charge on any atom is -0.380 e. The molecule has 0 atom stereocenters. The Balaban J connectivity index is 1.54. The van der Waals surface area contributed by atoms with Gasteiger partial charge >= 0.3 is 5.69 Å². The first-order valence-electron chi connectivity index (χ1n) is 9.26. The van der Waals surface area contributed by atoms with E-state index in [9.17, 15) is 4.79 Å². The molecule has 3 aromatic heterocycles. The number of ether oxygens (including phenoxy) is 1. The number of fused-ring (bicyclic) bond motifs is 2.